The smallest absolute Gasteiger partial charge is 0.227 e. The summed E-state index contributed by atoms with van der Waals surface area (Å²) >= 11 is 0. The van der Waals surface area contributed by atoms with Crippen LogP contribution in [0.5, 0.6) is 0 Å². The van der Waals surface area contributed by atoms with Crippen molar-refractivity contribution in [1.29, 1.82) is 0 Å². The van der Waals surface area contributed by atoms with Gasteiger partial charge < -0.3 is 11.1 Å². The number of fused-ring (bicyclic) bond motifs is 1. The fraction of sp³-hybridized carbons (Fsp3) is 0.533. The van der Waals surface area contributed by atoms with E-state index in [0.29, 0.717) is 13.1 Å². The largest absolute Gasteiger partial charge is 0.355 e. The molecule has 0 radical (unpaired) electrons. The average molecular weight is 246 g/mol. The van der Waals surface area contributed by atoms with E-state index in [9.17, 15) is 4.79 Å². The molecule has 18 heavy (non-hydrogen) atoms. The van der Waals surface area contributed by atoms with Gasteiger partial charge in [0.15, 0.2) is 0 Å². The highest BCUT2D eigenvalue weighted by molar-refractivity contribution is 5.86. The van der Waals surface area contributed by atoms with E-state index in [4.69, 9.17) is 5.73 Å². The molecule has 1 amide bonds. The monoisotopic (exact) mass is 246 g/mol. The second kappa shape index (κ2) is 5.11. The Balaban J connectivity index is 1.88. The van der Waals surface area contributed by atoms with Gasteiger partial charge in [0.1, 0.15) is 0 Å². The van der Waals surface area contributed by atoms with Crippen LogP contribution in [0.4, 0.5) is 0 Å². The minimum atomic E-state index is 0.0508. The number of benzene rings is 1. The highest BCUT2D eigenvalue weighted by Crippen LogP contribution is 2.34. The zero-order chi connectivity index (χ0) is 13.2. The number of rotatable bonds is 5. The number of carbonyl (C=O) groups excluding carboxylic acids is 1. The molecule has 0 fully saturated rings. The molecule has 1 aromatic carbocycles. The third kappa shape index (κ3) is 2.72. The zero-order valence-corrected chi connectivity index (χ0v) is 11.2. The minimum Gasteiger partial charge on any atom is -0.355 e. The van der Waals surface area contributed by atoms with Crippen LogP contribution < -0.4 is 11.1 Å². The summed E-state index contributed by atoms with van der Waals surface area (Å²) in [4.78, 5) is 12.1. The van der Waals surface area contributed by atoms with Crippen molar-refractivity contribution >= 4 is 5.91 Å². The van der Waals surface area contributed by atoms with Gasteiger partial charge in [-0.1, -0.05) is 38.1 Å². The number of nitrogens with one attached hydrogen (secondary N) is 1. The zero-order valence-electron chi connectivity index (χ0n) is 11.2. The van der Waals surface area contributed by atoms with Gasteiger partial charge in [-0.25, -0.2) is 0 Å². The van der Waals surface area contributed by atoms with Gasteiger partial charge in [0, 0.05) is 6.54 Å². The summed E-state index contributed by atoms with van der Waals surface area (Å²) in [5.41, 5.74) is 8.14. The summed E-state index contributed by atoms with van der Waals surface area (Å²) < 4.78 is 0. The van der Waals surface area contributed by atoms with Gasteiger partial charge in [0.2, 0.25) is 5.91 Å². The fourth-order valence-corrected chi connectivity index (χ4v) is 2.42. The van der Waals surface area contributed by atoms with Crippen LogP contribution in [-0.2, 0) is 11.2 Å². The van der Waals surface area contributed by atoms with E-state index in [1.165, 1.54) is 11.1 Å². The first-order valence-electron chi connectivity index (χ1n) is 6.59. The van der Waals surface area contributed by atoms with Crippen molar-refractivity contribution in [3.8, 4) is 0 Å². The van der Waals surface area contributed by atoms with Crippen molar-refractivity contribution in [3.63, 3.8) is 0 Å². The van der Waals surface area contributed by atoms with Crippen LogP contribution in [0.15, 0.2) is 24.3 Å². The van der Waals surface area contributed by atoms with Crippen LogP contribution in [0.3, 0.4) is 0 Å². The van der Waals surface area contributed by atoms with E-state index in [2.05, 4.69) is 25.2 Å². The SMILES string of the molecule is CC(C)(CCN)CNC(=O)C1Cc2ccccc21. The van der Waals surface area contributed by atoms with Crippen LogP contribution in [-0.4, -0.2) is 19.0 Å². The van der Waals surface area contributed by atoms with Crippen molar-refractivity contribution in [2.24, 2.45) is 11.1 Å². The van der Waals surface area contributed by atoms with Gasteiger partial charge in [-0.15, -0.1) is 0 Å². The predicted octanol–water partition coefficient (Wildman–Crippen LogP) is 1.82. The second-order valence-electron chi connectivity index (χ2n) is 5.88. The van der Waals surface area contributed by atoms with Crippen LogP contribution in [0.2, 0.25) is 0 Å². The summed E-state index contributed by atoms with van der Waals surface area (Å²) in [6.45, 7) is 5.63. The van der Waals surface area contributed by atoms with E-state index in [-0.39, 0.29) is 17.2 Å². The molecule has 0 aromatic heterocycles. The lowest BCUT2D eigenvalue weighted by Crippen LogP contribution is -2.40. The van der Waals surface area contributed by atoms with E-state index in [0.717, 1.165) is 12.8 Å². The van der Waals surface area contributed by atoms with Crippen molar-refractivity contribution in [2.45, 2.75) is 32.6 Å². The molecule has 0 saturated heterocycles. The van der Waals surface area contributed by atoms with E-state index >= 15 is 0 Å². The van der Waals surface area contributed by atoms with E-state index < -0.39 is 0 Å². The summed E-state index contributed by atoms with van der Waals surface area (Å²) in [5.74, 6) is 0.202. The first-order chi connectivity index (χ1) is 8.53. The number of amides is 1. The maximum absolute atomic E-state index is 12.1. The van der Waals surface area contributed by atoms with E-state index in [1.807, 2.05) is 18.2 Å². The first-order valence-corrected chi connectivity index (χ1v) is 6.59. The topological polar surface area (TPSA) is 55.1 Å². The van der Waals surface area contributed by atoms with Crippen LogP contribution >= 0.6 is 0 Å². The Morgan fingerprint density at radius 3 is 2.83 bits per heavy atom. The number of carbonyl (C=O) groups is 1. The van der Waals surface area contributed by atoms with Crippen LogP contribution in [0, 0.1) is 5.41 Å². The molecule has 0 spiro atoms. The Labute approximate surface area is 109 Å². The molecular weight excluding hydrogens is 224 g/mol. The van der Waals surface area contributed by atoms with E-state index in [1.54, 1.807) is 0 Å². The maximum atomic E-state index is 12.1. The molecule has 0 heterocycles. The molecular formula is C15H22N2O. The van der Waals surface area contributed by atoms with Gasteiger partial charge in [-0.3, -0.25) is 4.79 Å². The molecule has 1 atom stereocenters. The van der Waals surface area contributed by atoms with Gasteiger partial charge >= 0.3 is 0 Å². The number of hydrogen-bond donors (Lipinski definition) is 2. The van der Waals surface area contributed by atoms with Gasteiger partial charge in [-0.05, 0) is 35.9 Å². The first kappa shape index (κ1) is 13.1. The number of nitrogens with two attached hydrogens (primary N) is 1. The number of hydrogen-bond acceptors (Lipinski definition) is 2. The van der Waals surface area contributed by atoms with Crippen molar-refractivity contribution < 1.29 is 4.79 Å². The maximum Gasteiger partial charge on any atom is 0.227 e. The molecule has 3 nitrogen and oxygen atoms in total. The second-order valence-corrected chi connectivity index (χ2v) is 5.88. The van der Waals surface area contributed by atoms with Crippen molar-refractivity contribution in [2.75, 3.05) is 13.1 Å². The molecule has 1 aromatic rings. The molecule has 0 saturated carbocycles. The lowest BCUT2D eigenvalue weighted by molar-refractivity contribution is -0.123. The summed E-state index contributed by atoms with van der Waals surface area (Å²) in [7, 11) is 0. The Morgan fingerprint density at radius 2 is 2.17 bits per heavy atom. The predicted molar refractivity (Wildman–Crippen MR) is 73.3 cm³/mol. The quantitative estimate of drug-likeness (QED) is 0.832. The van der Waals surface area contributed by atoms with Gasteiger partial charge in [-0.2, -0.15) is 0 Å². The fourth-order valence-electron chi connectivity index (χ4n) is 2.42. The Hall–Kier alpha value is -1.35. The Kier molecular flexibility index (Phi) is 3.71. The highest BCUT2D eigenvalue weighted by atomic mass is 16.1. The molecule has 2 rings (SSSR count). The summed E-state index contributed by atoms with van der Waals surface area (Å²) in [5, 5.41) is 3.06. The third-order valence-electron chi connectivity index (χ3n) is 3.73. The van der Waals surface area contributed by atoms with Crippen LogP contribution in [0.25, 0.3) is 0 Å². The molecule has 1 aliphatic rings. The normalized spacial score (nSPS) is 17.8. The average Bonchev–Trinajstić information content (AvgIpc) is 2.28. The van der Waals surface area contributed by atoms with Crippen LogP contribution in [0.1, 0.15) is 37.3 Å². The molecule has 0 bridgehead atoms. The minimum absolute atomic E-state index is 0.0508. The van der Waals surface area contributed by atoms with Gasteiger partial charge in [0.05, 0.1) is 5.92 Å². The highest BCUT2D eigenvalue weighted by Gasteiger charge is 2.32. The summed E-state index contributed by atoms with van der Waals surface area (Å²) in [6, 6.07) is 8.17. The Bertz CT molecular complexity index is 440. The van der Waals surface area contributed by atoms with Crippen molar-refractivity contribution in [1.82, 2.24) is 5.32 Å². The lowest BCUT2D eigenvalue weighted by Gasteiger charge is -2.31. The molecule has 0 aliphatic heterocycles. The standard InChI is InChI=1S/C15H22N2O/c1-15(2,7-8-16)10-17-14(18)13-9-11-5-3-4-6-12(11)13/h3-6,13H,7-10,16H2,1-2H3,(H,17,18). The summed E-state index contributed by atoms with van der Waals surface area (Å²) in [6.07, 6.45) is 1.80. The molecule has 1 unspecified atom stereocenters. The molecule has 3 heteroatoms. The molecule has 1 aliphatic carbocycles. The van der Waals surface area contributed by atoms with Gasteiger partial charge in [0.25, 0.3) is 0 Å². The lowest BCUT2D eigenvalue weighted by atomic mass is 9.77. The van der Waals surface area contributed by atoms with Crippen molar-refractivity contribution in [3.05, 3.63) is 35.4 Å². The molecule has 98 valence electrons. The Morgan fingerprint density at radius 1 is 1.44 bits per heavy atom. The molecule has 3 N–H and O–H groups in total. The third-order valence-corrected chi connectivity index (χ3v) is 3.73.